The highest BCUT2D eigenvalue weighted by Crippen LogP contribution is 2.62. The second-order valence-electron chi connectivity index (χ2n) is 10.0. The number of methoxy groups -OCH3 is 1. The third kappa shape index (κ3) is 4.30. The molecule has 2 aliphatic rings. The molecule has 0 aliphatic heterocycles. The fourth-order valence-electron chi connectivity index (χ4n) is 5.68. The minimum atomic E-state index is -1.29. The molecule has 1 N–H and O–H groups in total. The molecule has 5 atom stereocenters. The van der Waals surface area contributed by atoms with Crippen LogP contribution in [-0.4, -0.2) is 28.8 Å². The molecule has 2 aliphatic carbocycles. The van der Waals surface area contributed by atoms with Gasteiger partial charge in [0.2, 0.25) is 0 Å². The van der Waals surface area contributed by atoms with Crippen molar-refractivity contribution in [2.75, 3.05) is 13.7 Å². The van der Waals surface area contributed by atoms with Crippen LogP contribution in [0.25, 0.3) is 0 Å². The maximum atomic E-state index is 13.6. The van der Waals surface area contributed by atoms with Crippen molar-refractivity contribution in [3.05, 3.63) is 46.1 Å². The molecule has 6 heteroatoms. The first-order chi connectivity index (χ1) is 14.5. The Kier molecular flexibility index (Phi) is 7.47. The average molecular weight is 513 g/mol. The van der Waals surface area contributed by atoms with E-state index in [1.54, 1.807) is 0 Å². The van der Waals surface area contributed by atoms with Crippen molar-refractivity contribution in [1.82, 2.24) is 4.72 Å². The lowest BCUT2D eigenvalue weighted by Gasteiger charge is -2.53. The zero-order chi connectivity index (χ0) is 23.0. The minimum Gasteiger partial charge on any atom is -0.496 e. The quantitative estimate of drug-likeness (QED) is 0.455. The molecule has 0 saturated heterocycles. The predicted molar refractivity (Wildman–Crippen MR) is 132 cm³/mol. The van der Waals surface area contributed by atoms with Gasteiger partial charge in [0.25, 0.3) is 0 Å². The van der Waals surface area contributed by atoms with E-state index < -0.39 is 21.3 Å². The highest BCUT2D eigenvalue weighted by atomic mass is 79.9. The largest absolute Gasteiger partial charge is 0.496 e. The van der Waals surface area contributed by atoms with E-state index in [-0.39, 0.29) is 11.5 Å². The molecule has 1 fully saturated rings. The van der Waals surface area contributed by atoms with Gasteiger partial charge in [-0.2, -0.15) is 0 Å². The summed E-state index contributed by atoms with van der Waals surface area (Å²) in [6.45, 7) is 15.2. The van der Waals surface area contributed by atoms with Crippen molar-refractivity contribution in [3.63, 3.8) is 0 Å². The van der Waals surface area contributed by atoms with Crippen LogP contribution in [0, 0.1) is 11.3 Å². The van der Waals surface area contributed by atoms with E-state index in [0.717, 1.165) is 42.1 Å². The Balaban J connectivity index is 2.23. The first-order valence-corrected chi connectivity index (χ1v) is 13.3. The lowest BCUT2D eigenvalue weighted by Crippen LogP contribution is -2.60. The SMILES string of the molecule is C=C(OCC)[C@]1(N[S@](=O)C(C)(C)C)c2cc(Br)ccc2C[C@]12CC[C@@H](OC)[C@H](CC)C2. The lowest BCUT2D eigenvalue weighted by atomic mass is 9.58. The fourth-order valence-corrected chi connectivity index (χ4v) is 7.07. The highest BCUT2D eigenvalue weighted by molar-refractivity contribution is 9.10. The van der Waals surface area contributed by atoms with E-state index in [4.69, 9.17) is 9.47 Å². The number of rotatable bonds is 7. The molecule has 0 radical (unpaired) electrons. The molecule has 4 nitrogen and oxygen atoms in total. The second kappa shape index (κ2) is 9.28. The number of hydrogen-bond acceptors (Lipinski definition) is 3. The normalized spacial score (nSPS) is 31.5. The summed E-state index contributed by atoms with van der Waals surface area (Å²) in [4.78, 5) is 0. The Morgan fingerprint density at radius 3 is 2.65 bits per heavy atom. The van der Waals surface area contributed by atoms with Gasteiger partial charge in [-0.1, -0.05) is 41.9 Å². The monoisotopic (exact) mass is 511 g/mol. The number of halogens is 1. The number of nitrogens with one attached hydrogen (secondary N) is 1. The molecule has 1 spiro atoms. The van der Waals surface area contributed by atoms with Crippen molar-refractivity contribution in [2.24, 2.45) is 11.3 Å². The Morgan fingerprint density at radius 2 is 2.06 bits per heavy atom. The molecule has 0 heterocycles. The van der Waals surface area contributed by atoms with Gasteiger partial charge in [0, 0.05) is 17.0 Å². The van der Waals surface area contributed by atoms with E-state index in [1.807, 2.05) is 34.8 Å². The van der Waals surface area contributed by atoms with Crippen LogP contribution >= 0.6 is 15.9 Å². The van der Waals surface area contributed by atoms with Crippen molar-refractivity contribution < 1.29 is 13.7 Å². The van der Waals surface area contributed by atoms with Crippen molar-refractivity contribution >= 4 is 26.9 Å². The predicted octanol–water partition coefficient (Wildman–Crippen LogP) is 6.01. The van der Waals surface area contributed by atoms with Crippen molar-refractivity contribution in [2.45, 2.75) is 83.1 Å². The van der Waals surface area contributed by atoms with E-state index >= 15 is 0 Å². The second-order valence-corrected chi connectivity index (χ2v) is 12.9. The topological polar surface area (TPSA) is 47.6 Å². The van der Waals surface area contributed by atoms with Gasteiger partial charge in [-0.3, -0.25) is 0 Å². The van der Waals surface area contributed by atoms with Gasteiger partial charge >= 0.3 is 0 Å². The highest BCUT2D eigenvalue weighted by Gasteiger charge is 2.63. The molecule has 174 valence electrons. The van der Waals surface area contributed by atoms with Crippen LogP contribution in [0.4, 0.5) is 0 Å². The van der Waals surface area contributed by atoms with E-state index in [2.05, 4.69) is 52.4 Å². The van der Waals surface area contributed by atoms with Crippen molar-refractivity contribution in [1.29, 1.82) is 0 Å². The summed E-state index contributed by atoms with van der Waals surface area (Å²) in [5.41, 5.74) is 1.54. The Labute approximate surface area is 199 Å². The number of benzene rings is 1. The Hall–Kier alpha value is -0.690. The van der Waals surface area contributed by atoms with Gasteiger partial charge in [0.05, 0.1) is 28.4 Å². The summed E-state index contributed by atoms with van der Waals surface area (Å²) in [5, 5.41) is 0. The molecule has 1 aromatic rings. The number of ether oxygens (including phenoxy) is 2. The van der Waals surface area contributed by atoms with Crippen LogP contribution < -0.4 is 4.72 Å². The van der Waals surface area contributed by atoms with Gasteiger partial charge in [-0.15, -0.1) is 0 Å². The fraction of sp³-hybridized carbons (Fsp3) is 0.680. The van der Waals surface area contributed by atoms with Gasteiger partial charge in [-0.05, 0) is 82.6 Å². The maximum absolute atomic E-state index is 13.6. The van der Waals surface area contributed by atoms with Crippen LogP contribution in [0.5, 0.6) is 0 Å². The summed E-state index contributed by atoms with van der Waals surface area (Å²) in [6.07, 6.45) is 5.17. The summed E-state index contributed by atoms with van der Waals surface area (Å²) in [6, 6.07) is 6.47. The number of fused-ring (bicyclic) bond motifs is 1. The smallest absolute Gasteiger partial charge is 0.118 e. The standard InChI is InChI=1S/C25H38BrNO3S/c1-8-18-15-24(13-12-22(18)29-7)16-19-10-11-20(26)14-21(19)25(24,17(3)30-9-2)27-31(28)23(4,5)6/h10-11,14,18,22,27H,3,8-9,12-13,15-16H2,1-2,4-7H3/t18-,22-,24-,25+,31-/m1/s1. The molecule has 0 unspecified atom stereocenters. The molecule has 0 aromatic heterocycles. The Bertz CT molecular complexity index is 852. The summed E-state index contributed by atoms with van der Waals surface area (Å²) < 4.78 is 29.8. The lowest BCUT2D eigenvalue weighted by molar-refractivity contribution is -0.0544. The summed E-state index contributed by atoms with van der Waals surface area (Å²) in [7, 11) is 0.531. The number of hydrogen-bond donors (Lipinski definition) is 1. The molecule has 1 saturated carbocycles. The van der Waals surface area contributed by atoms with Crippen LogP contribution in [0.1, 0.15) is 71.4 Å². The first-order valence-electron chi connectivity index (χ1n) is 11.4. The van der Waals surface area contributed by atoms with Crippen LogP contribution in [0.2, 0.25) is 0 Å². The molecule has 31 heavy (non-hydrogen) atoms. The van der Waals surface area contributed by atoms with Crippen LogP contribution in [0.3, 0.4) is 0 Å². The summed E-state index contributed by atoms with van der Waals surface area (Å²) >= 11 is 3.68. The van der Waals surface area contributed by atoms with E-state index in [0.29, 0.717) is 18.3 Å². The molecule has 0 amide bonds. The average Bonchev–Trinajstić information content (AvgIpc) is 2.96. The van der Waals surface area contributed by atoms with Gasteiger partial charge in [0.1, 0.15) is 11.3 Å². The van der Waals surface area contributed by atoms with Gasteiger partial charge in [-0.25, -0.2) is 8.93 Å². The Morgan fingerprint density at radius 1 is 1.35 bits per heavy atom. The molecule has 3 rings (SSSR count). The minimum absolute atomic E-state index is 0.168. The van der Waals surface area contributed by atoms with Crippen LogP contribution in [-0.2, 0) is 32.4 Å². The first kappa shape index (κ1) is 24.9. The van der Waals surface area contributed by atoms with E-state index in [9.17, 15) is 4.21 Å². The third-order valence-electron chi connectivity index (χ3n) is 7.25. The maximum Gasteiger partial charge on any atom is 0.118 e. The zero-order valence-corrected chi connectivity index (χ0v) is 22.2. The third-order valence-corrected chi connectivity index (χ3v) is 9.35. The molecule has 0 bridgehead atoms. The summed E-state index contributed by atoms with van der Waals surface area (Å²) in [5.74, 6) is 1.12. The van der Waals surface area contributed by atoms with Crippen molar-refractivity contribution in [3.8, 4) is 0 Å². The zero-order valence-electron chi connectivity index (χ0n) is 19.8. The van der Waals surface area contributed by atoms with Crippen LogP contribution in [0.15, 0.2) is 35.0 Å². The molecular weight excluding hydrogens is 474 g/mol. The van der Waals surface area contributed by atoms with E-state index in [1.165, 1.54) is 5.56 Å². The molecular formula is C25H38BrNO3S. The molecule has 1 aromatic carbocycles. The van der Waals surface area contributed by atoms with Gasteiger partial charge < -0.3 is 9.47 Å². The van der Waals surface area contributed by atoms with Gasteiger partial charge in [0.15, 0.2) is 0 Å².